The zero-order chi connectivity index (χ0) is 54.8. The number of carboxylic acid groups (broad SMARTS) is 1. The molecule has 0 amide bonds. The summed E-state index contributed by atoms with van der Waals surface area (Å²) in [5.74, 6) is -2.07. The van der Waals surface area contributed by atoms with E-state index in [1.165, 1.54) is 116 Å². The van der Waals surface area contributed by atoms with E-state index < -0.39 is 24.3 Å². The van der Waals surface area contributed by atoms with Crippen LogP contribution in [0.2, 0.25) is 0 Å². The maximum Gasteiger partial charge on any atom is 0.361 e. The largest absolute Gasteiger partial charge is 0.477 e. The van der Waals surface area contributed by atoms with Gasteiger partial charge in [0.15, 0.2) is 6.10 Å². The molecule has 0 bridgehead atoms. The second-order valence-corrected chi connectivity index (χ2v) is 20.9. The third-order valence-electron chi connectivity index (χ3n) is 12.5. The average molecular weight is 1050 g/mol. The molecule has 0 fully saturated rings. The Morgan fingerprint density at radius 2 is 0.760 bits per heavy atom. The van der Waals surface area contributed by atoms with Crippen molar-refractivity contribution in [1.29, 1.82) is 0 Å². The molecule has 0 aliphatic carbocycles. The summed E-state index contributed by atoms with van der Waals surface area (Å²) in [7, 11) is 5.95. The van der Waals surface area contributed by atoms with E-state index in [1.54, 1.807) is 0 Å². The lowest BCUT2D eigenvalue weighted by Gasteiger charge is -2.25. The fraction of sp³-hybridized carbons (Fsp3) is 0.682. The zero-order valence-electron chi connectivity index (χ0n) is 48.7. The maximum absolute atomic E-state index is 12.9. The number of carboxylic acids is 1. The van der Waals surface area contributed by atoms with Crippen molar-refractivity contribution < 1.29 is 42.9 Å². The number of unbranched alkanes of at least 4 members (excludes halogenated alkanes) is 21. The Bertz CT molecular complexity index is 1590. The first-order valence-electron chi connectivity index (χ1n) is 30.1. The van der Waals surface area contributed by atoms with Gasteiger partial charge >= 0.3 is 17.9 Å². The van der Waals surface area contributed by atoms with Gasteiger partial charge in [0.05, 0.1) is 34.4 Å². The lowest BCUT2D eigenvalue weighted by molar-refractivity contribution is -0.870. The van der Waals surface area contributed by atoms with Crippen LogP contribution in [0.1, 0.15) is 232 Å². The van der Waals surface area contributed by atoms with Gasteiger partial charge in [-0.1, -0.05) is 226 Å². The van der Waals surface area contributed by atoms with Crippen molar-refractivity contribution in [2.24, 2.45) is 0 Å². The molecule has 0 aromatic rings. The Morgan fingerprint density at radius 1 is 0.413 bits per heavy atom. The SMILES string of the molecule is CC/C=C\C/C=C\C/C=C\C/C=C\C/C=C\C/C=C\CCCCC(=O)OC(COC(=O)CCCCCCCCCCCCCCCC/C=C\C/C=C\C/C=C\CCCCCCC)COC(OCC[N+](C)(C)C)C(=O)O. The lowest BCUT2D eigenvalue weighted by atomic mass is 10.0. The van der Waals surface area contributed by atoms with Crippen molar-refractivity contribution in [2.75, 3.05) is 47.5 Å². The summed E-state index contributed by atoms with van der Waals surface area (Å²) in [4.78, 5) is 37.4. The first kappa shape index (κ1) is 71.0. The van der Waals surface area contributed by atoms with Gasteiger partial charge < -0.3 is 28.5 Å². The van der Waals surface area contributed by atoms with Crippen LogP contribution in [0, 0.1) is 0 Å². The van der Waals surface area contributed by atoms with Gasteiger partial charge in [0.25, 0.3) is 6.29 Å². The minimum absolute atomic E-state index is 0.173. The number of carbonyl (C=O) groups excluding carboxylic acids is 2. The van der Waals surface area contributed by atoms with E-state index in [4.69, 9.17) is 18.9 Å². The fourth-order valence-corrected chi connectivity index (χ4v) is 7.91. The standard InChI is InChI=1S/C66H111NO8/c1-6-8-10-12-14-16-18-20-22-24-26-28-29-30-31-32-33-34-35-37-38-40-42-44-46-48-50-52-54-56-63(68)73-60-62(61-74-66(65(70)71)72-59-58-67(3,4)5)75-64(69)57-55-53-51-49-47-45-43-41-39-36-27-25-23-21-19-17-15-13-11-9-7-2/h9,11,15,17-18,20-21,23-24,26-27,29-30,36,41,43,47,49,62,66H,6-8,10,12-14,16,19,22,25,28,31-35,37-40,42,44-46,48,50-61H2,1-5H3/p+1/b11-9-,17-15-,20-18-,23-21-,26-24-,30-29-,36-27-,43-41-,49-47-. The molecule has 0 rings (SSSR count). The number of allylic oxidation sites excluding steroid dienone is 18. The minimum atomic E-state index is -1.53. The van der Waals surface area contributed by atoms with E-state index in [1.807, 2.05) is 21.1 Å². The van der Waals surface area contributed by atoms with E-state index >= 15 is 0 Å². The van der Waals surface area contributed by atoms with Crippen LogP contribution in [-0.4, -0.2) is 87.4 Å². The summed E-state index contributed by atoms with van der Waals surface area (Å²) in [6.07, 6.45) is 74.6. The molecule has 0 spiro atoms. The number of carbonyl (C=O) groups is 3. The molecule has 0 heterocycles. The van der Waals surface area contributed by atoms with Crippen LogP contribution in [0.3, 0.4) is 0 Å². The third-order valence-corrected chi connectivity index (χ3v) is 12.5. The van der Waals surface area contributed by atoms with Crippen LogP contribution in [0.4, 0.5) is 0 Å². The average Bonchev–Trinajstić information content (AvgIpc) is 3.38. The van der Waals surface area contributed by atoms with E-state index in [-0.39, 0.29) is 38.6 Å². The number of likely N-dealkylation sites (N-methyl/N-ethyl adjacent to an activating group) is 1. The molecule has 0 aliphatic rings. The molecule has 0 saturated carbocycles. The van der Waals surface area contributed by atoms with E-state index in [9.17, 15) is 19.5 Å². The normalized spacial score (nSPS) is 13.6. The predicted molar refractivity (Wildman–Crippen MR) is 318 cm³/mol. The maximum atomic E-state index is 12.9. The Balaban J connectivity index is 4.27. The van der Waals surface area contributed by atoms with Gasteiger partial charge in [0.2, 0.25) is 0 Å². The number of esters is 2. The van der Waals surface area contributed by atoms with Crippen molar-refractivity contribution in [2.45, 2.75) is 245 Å². The summed E-state index contributed by atoms with van der Waals surface area (Å²) in [6.45, 7) is 4.69. The molecule has 0 radical (unpaired) electrons. The van der Waals surface area contributed by atoms with Gasteiger partial charge in [0.1, 0.15) is 13.2 Å². The molecule has 9 nitrogen and oxygen atoms in total. The Hall–Kier alpha value is -4.05. The van der Waals surface area contributed by atoms with Gasteiger partial charge in [0, 0.05) is 12.8 Å². The molecule has 0 aromatic heterocycles. The molecule has 0 aliphatic heterocycles. The van der Waals surface area contributed by atoms with Crippen LogP contribution in [0.15, 0.2) is 109 Å². The molecule has 0 aromatic carbocycles. The van der Waals surface area contributed by atoms with Crippen LogP contribution >= 0.6 is 0 Å². The topological polar surface area (TPSA) is 108 Å². The lowest BCUT2D eigenvalue weighted by Crippen LogP contribution is -2.40. The smallest absolute Gasteiger partial charge is 0.361 e. The third kappa shape index (κ3) is 57.5. The van der Waals surface area contributed by atoms with Crippen LogP contribution in [0.25, 0.3) is 0 Å². The van der Waals surface area contributed by atoms with Crippen molar-refractivity contribution in [3.8, 4) is 0 Å². The van der Waals surface area contributed by atoms with Gasteiger partial charge in [-0.25, -0.2) is 4.79 Å². The van der Waals surface area contributed by atoms with Crippen molar-refractivity contribution >= 4 is 17.9 Å². The first-order chi connectivity index (χ1) is 36.6. The Morgan fingerprint density at radius 3 is 1.16 bits per heavy atom. The highest BCUT2D eigenvalue weighted by Crippen LogP contribution is 2.15. The molecule has 2 atom stereocenters. The molecule has 428 valence electrons. The summed E-state index contributed by atoms with van der Waals surface area (Å²) < 4.78 is 22.8. The van der Waals surface area contributed by atoms with E-state index in [0.717, 1.165) is 83.5 Å². The highest BCUT2D eigenvalue weighted by molar-refractivity contribution is 5.71. The van der Waals surface area contributed by atoms with Crippen molar-refractivity contribution in [3.63, 3.8) is 0 Å². The van der Waals surface area contributed by atoms with E-state index in [2.05, 4.69) is 123 Å². The number of quaternary nitrogens is 1. The second kappa shape index (κ2) is 56.2. The molecular weight excluding hydrogens is 935 g/mol. The zero-order valence-corrected chi connectivity index (χ0v) is 48.7. The first-order valence-corrected chi connectivity index (χ1v) is 30.1. The van der Waals surface area contributed by atoms with Gasteiger partial charge in [-0.05, 0) is 103 Å². The Labute approximate surface area is 460 Å². The number of hydrogen-bond donors (Lipinski definition) is 1. The van der Waals surface area contributed by atoms with Crippen LogP contribution in [-0.2, 0) is 33.3 Å². The summed E-state index contributed by atoms with van der Waals surface area (Å²) in [6, 6.07) is 0. The highest BCUT2D eigenvalue weighted by atomic mass is 16.7. The molecule has 9 heteroatoms. The summed E-state index contributed by atoms with van der Waals surface area (Å²) in [5.41, 5.74) is 0. The number of aliphatic carboxylic acids is 1. The van der Waals surface area contributed by atoms with Crippen molar-refractivity contribution in [3.05, 3.63) is 109 Å². The molecule has 0 saturated heterocycles. The molecule has 2 unspecified atom stereocenters. The Kier molecular flexibility index (Phi) is 53.1. The van der Waals surface area contributed by atoms with Crippen LogP contribution < -0.4 is 0 Å². The quantitative estimate of drug-likeness (QED) is 0.0211. The summed E-state index contributed by atoms with van der Waals surface area (Å²) >= 11 is 0. The molecule has 1 N–H and O–H groups in total. The van der Waals surface area contributed by atoms with Crippen molar-refractivity contribution in [1.82, 2.24) is 0 Å². The van der Waals surface area contributed by atoms with Crippen LogP contribution in [0.5, 0.6) is 0 Å². The fourth-order valence-electron chi connectivity index (χ4n) is 7.91. The minimum Gasteiger partial charge on any atom is -0.477 e. The van der Waals surface area contributed by atoms with E-state index in [0.29, 0.717) is 17.4 Å². The number of rotatable bonds is 54. The van der Waals surface area contributed by atoms with Gasteiger partial charge in [-0.15, -0.1) is 0 Å². The summed E-state index contributed by atoms with van der Waals surface area (Å²) in [5, 5.41) is 9.71. The van der Waals surface area contributed by atoms with Gasteiger partial charge in [-0.3, -0.25) is 9.59 Å². The van der Waals surface area contributed by atoms with Gasteiger partial charge in [-0.2, -0.15) is 0 Å². The second-order valence-electron chi connectivity index (χ2n) is 20.9. The predicted octanol–water partition coefficient (Wildman–Crippen LogP) is 17.9. The number of nitrogens with zero attached hydrogens (tertiary/aromatic N) is 1. The molecule has 75 heavy (non-hydrogen) atoms. The highest BCUT2D eigenvalue weighted by Gasteiger charge is 2.25. The molecular formula is C66H112NO8+. The monoisotopic (exact) mass is 1050 g/mol. The number of ether oxygens (including phenoxy) is 4. The number of hydrogen-bond acceptors (Lipinski definition) is 7.